The number of carboxylic acids is 1. The molecule has 1 saturated carbocycles. The van der Waals surface area contributed by atoms with Gasteiger partial charge in [0.15, 0.2) is 0 Å². The molecule has 6 nitrogen and oxygen atoms in total. The molecule has 0 aromatic carbocycles. The Morgan fingerprint density at radius 2 is 2.00 bits per heavy atom. The molecule has 0 spiro atoms. The third kappa shape index (κ3) is 3.63. The molecule has 0 radical (unpaired) electrons. The summed E-state index contributed by atoms with van der Waals surface area (Å²) in [5.41, 5.74) is -0.170. The highest BCUT2D eigenvalue weighted by molar-refractivity contribution is 8.00. The first-order chi connectivity index (χ1) is 9.74. The molecule has 120 valence electrons. The Morgan fingerprint density at radius 3 is 2.48 bits per heavy atom. The lowest BCUT2D eigenvalue weighted by Gasteiger charge is -2.34. The topological polar surface area (TPSA) is 72.9 Å². The molecule has 2 amide bonds. The number of hydrogen-bond donors (Lipinski definition) is 2. The third-order valence-electron chi connectivity index (χ3n) is 4.46. The Balaban J connectivity index is 2.02. The zero-order valence-corrected chi connectivity index (χ0v) is 13.9. The lowest BCUT2D eigenvalue weighted by molar-refractivity contribution is -0.141. The van der Waals surface area contributed by atoms with Gasteiger partial charge in [0.25, 0.3) is 0 Å². The van der Waals surface area contributed by atoms with Crippen LogP contribution in [0.3, 0.4) is 0 Å². The van der Waals surface area contributed by atoms with E-state index in [1.165, 1.54) is 0 Å². The van der Waals surface area contributed by atoms with Crippen LogP contribution in [0.4, 0.5) is 4.79 Å². The van der Waals surface area contributed by atoms with E-state index in [2.05, 4.69) is 5.32 Å². The summed E-state index contributed by atoms with van der Waals surface area (Å²) in [4.78, 5) is 27.5. The van der Waals surface area contributed by atoms with Crippen molar-refractivity contribution in [3.8, 4) is 0 Å². The van der Waals surface area contributed by atoms with E-state index >= 15 is 0 Å². The van der Waals surface area contributed by atoms with Crippen molar-refractivity contribution in [3.05, 3.63) is 0 Å². The largest absolute Gasteiger partial charge is 0.480 e. The Bertz CT molecular complexity index is 424. The molecule has 1 aliphatic heterocycles. The lowest BCUT2D eigenvalue weighted by Crippen LogP contribution is -2.55. The summed E-state index contributed by atoms with van der Waals surface area (Å²) in [7, 11) is 3.93. The number of nitrogens with zero attached hydrogens (tertiary/aromatic N) is 2. The fraction of sp³-hybridized carbons (Fsp3) is 0.857. The second-order valence-corrected chi connectivity index (χ2v) is 7.84. The number of amides is 2. The molecule has 2 unspecified atom stereocenters. The van der Waals surface area contributed by atoms with Gasteiger partial charge in [-0.05, 0) is 46.7 Å². The Morgan fingerprint density at radius 1 is 1.38 bits per heavy atom. The molecule has 1 saturated heterocycles. The number of carboxylic acid groups (broad SMARTS) is 1. The predicted molar refractivity (Wildman–Crippen MR) is 83.4 cm³/mol. The maximum Gasteiger partial charge on any atom is 0.327 e. The summed E-state index contributed by atoms with van der Waals surface area (Å²) >= 11 is 1.60. The Hall–Kier alpha value is -0.950. The van der Waals surface area contributed by atoms with Gasteiger partial charge in [0, 0.05) is 17.8 Å². The van der Waals surface area contributed by atoms with E-state index in [4.69, 9.17) is 0 Å². The smallest absolute Gasteiger partial charge is 0.327 e. The van der Waals surface area contributed by atoms with Gasteiger partial charge in [-0.15, -0.1) is 11.8 Å². The van der Waals surface area contributed by atoms with Gasteiger partial charge in [-0.3, -0.25) is 4.90 Å². The van der Waals surface area contributed by atoms with E-state index < -0.39 is 12.0 Å². The number of thioether (sulfide) groups is 1. The summed E-state index contributed by atoms with van der Waals surface area (Å²) < 4.78 is 0. The molecule has 21 heavy (non-hydrogen) atoms. The van der Waals surface area contributed by atoms with Crippen LogP contribution in [0, 0.1) is 5.92 Å². The minimum atomic E-state index is -0.910. The molecular formula is C14H25N3O3S. The number of likely N-dealkylation sites (N-methyl/N-ethyl adjacent to an activating group) is 1. The van der Waals surface area contributed by atoms with Crippen molar-refractivity contribution in [2.75, 3.05) is 26.4 Å². The van der Waals surface area contributed by atoms with E-state index in [-0.39, 0.29) is 16.9 Å². The Kier molecular flexibility index (Phi) is 4.72. The first kappa shape index (κ1) is 16.4. The molecule has 2 aliphatic rings. The molecule has 0 aromatic heterocycles. The SMILES string of the molecule is CN(C)C(C)(C)CNC(=O)N1C(C(=O)O)CSC1C1CC1. The molecule has 2 atom stereocenters. The van der Waals surface area contributed by atoms with Crippen LogP contribution in [0.1, 0.15) is 26.7 Å². The fourth-order valence-corrected chi connectivity index (χ4v) is 3.89. The van der Waals surface area contributed by atoms with Crippen molar-refractivity contribution < 1.29 is 14.7 Å². The first-order valence-corrected chi connectivity index (χ1v) is 8.37. The summed E-state index contributed by atoms with van der Waals surface area (Å²) in [6.07, 6.45) is 2.19. The van der Waals surface area contributed by atoms with Crippen molar-refractivity contribution in [1.29, 1.82) is 0 Å². The highest BCUT2D eigenvalue weighted by Crippen LogP contribution is 2.45. The number of hydrogen-bond acceptors (Lipinski definition) is 4. The molecule has 0 aromatic rings. The zero-order chi connectivity index (χ0) is 15.8. The molecule has 2 rings (SSSR count). The zero-order valence-electron chi connectivity index (χ0n) is 13.1. The van der Waals surface area contributed by atoms with Gasteiger partial charge in [0.2, 0.25) is 0 Å². The number of carbonyl (C=O) groups is 2. The second-order valence-electron chi connectivity index (χ2n) is 6.69. The van der Waals surface area contributed by atoms with E-state index in [0.717, 1.165) is 12.8 Å². The van der Waals surface area contributed by atoms with E-state index in [1.54, 1.807) is 16.7 Å². The van der Waals surface area contributed by atoms with Crippen LogP contribution >= 0.6 is 11.8 Å². The van der Waals surface area contributed by atoms with Crippen molar-refractivity contribution in [1.82, 2.24) is 15.1 Å². The van der Waals surface area contributed by atoms with Crippen LogP contribution in [-0.2, 0) is 4.79 Å². The van der Waals surface area contributed by atoms with E-state index in [1.807, 2.05) is 32.8 Å². The average molecular weight is 315 g/mol. The van der Waals surface area contributed by atoms with Gasteiger partial charge in [-0.25, -0.2) is 9.59 Å². The number of urea groups is 1. The van der Waals surface area contributed by atoms with E-state index in [9.17, 15) is 14.7 Å². The molecule has 1 heterocycles. The molecule has 0 bridgehead atoms. The summed E-state index contributed by atoms with van der Waals surface area (Å²) in [6.45, 7) is 4.57. The number of rotatable bonds is 5. The monoisotopic (exact) mass is 315 g/mol. The number of aliphatic carboxylic acids is 1. The summed E-state index contributed by atoms with van der Waals surface area (Å²) in [6, 6.07) is -0.956. The van der Waals surface area contributed by atoms with Crippen LogP contribution in [-0.4, -0.2) is 70.3 Å². The van der Waals surface area contributed by atoms with Crippen LogP contribution in [0.25, 0.3) is 0 Å². The third-order valence-corrected chi connectivity index (χ3v) is 5.92. The average Bonchev–Trinajstić information content (AvgIpc) is 3.14. The van der Waals surface area contributed by atoms with Crippen molar-refractivity contribution in [2.24, 2.45) is 5.92 Å². The lowest BCUT2D eigenvalue weighted by atomic mass is 10.0. The maximum atomic E-state index is 12.5. The Labute approximate surface area is 130 Å². The number of nitrogens with one attached hydrogen (secondary N) is 1. The standard InChI is InChI=1S/C14H25N3O3S/c1-14(2,16(3)4)8-15-13(20)17-10(12(18)19)7-21-11(17)9-5-6-9/h9-11H,5-8H2,1-4H3,(H,15,20)(H,18,19). The fourth-order valence-electron chi connectivity index (χ4n) is 2.26. The van der Waals surface area contributed by atoms with Crippen molar-refractivity contribution >= 4 is 23.8 Å². The second kappa shape index (κ2) is 6.04. The molecule has 2 fully saturated rings. The molecule has 7 heteroatoms. The molecule has 1 aliphatic carbocycles. The van der Waals surface area contributed by atoms with Crippen molar-refractivity contribution in [2.45, 2.75) is 43.6 Å². The first-order valence-electron chi connectivity index (χ1n) is 7.32. The highest BCUT2D eigenvalue weighted by atomic mass is 32.2. The van der Waals surface area contributed by atoms with Gasteiger partial charge in [-0.2, -0.15) is 0 Å². The van der Waals surface area contributed by atoms with E-state index in [0.29, 0.717) is 18.2 Å². The van der Waals surface area contributed by atoms with Gasteiger partial charge in [0.1, 0.15) is 6.04 Å². The normalized spacial score (nSPS) is 26.2. The minimum Gasteiger partial charge on any atom is -0.480 e. The quantitative estimate of drug-likeness (QED) is 0.799. The predicted octanol–water partition coefficient (Wildman–Crippen LogP) is 1.27. The summed E-state index contributed by atoms with van der Waals surface area (Å²) in [5.74, 6) is 0.0423. The minimum absolute atomic E-state index is 0.0218. The van der Waals surface area contributed by atoms with Crippen LogP contribution in [0.15, 0.2) is 0 Å². The number of carbonyl (C=O) groups excluding carboxylic acids is 1. The highest BCUT2D eigenvalue weighted by Gasteiger charge is 2.48. The van der Waals surface area contributed by atoms with Crippen LogP contribution < -0.4 is 5.32 Å². The molecule has 2 N–H and O–H groups in total. The van der Waals surface area contributed by atoms with Crippen LogP contribution in [0.2, 0.25) is 0 Å². The van der Waals surface area contributed by atoms with Gasteiger partial charge >= 0.3 is 12.0 Å². The maximum absolute atomic E-state index is 12.5. The summed E-state index contributed by atoms with van der Waals surface area (Å²) in [5, 5.41) is 12.3. The van der Waals surface area contributed by atoms with Crippen molar-refractivity contribution in [3.63, 3.8) is 0 Å². The molecular weight excluding hydrogens is 290 g/mol. The van der Waals surface area contributed by atoms with Gasteiger partial charge in [0.05, 0.1) is 5.37 Å². The van der Waals surface area contributed by atoms with Crippen LogP contribution in [0.5, 0.6) is 0 Å². The van der Waals surface area contributed by atoms with Gasteiger partial charge in [-0.1, -0.05) is 0 Å². The van der Waals surface area contributed by atoms with Gasteiger partial charge < -0.3 is 15.3 Å².